The van der Waals surface area contributed by atoms with Crippen molar-refractivity contribution in [3.8, 4) is 0 Å². The van der Waals surface area contributed by atoms with Gasteiger partial charge in [-0.3, -0.25) is 0 Å². The van der Waals surface area contributed by atoms with Crippen molar-refractivity contribution in [1.82, 2.24) is 4.90 Å². The van der Waals surface area contributed by atoms with Crippen molar-refractivity contribution >= 4 is 0 Å². The predicted molar refractivity (Wildman–Crippen MR) is 40.8 cm³/mol. The number of alkyl halides is 2. The summed E-state index contributed by atoms with van der Waals surface area (Å²) in [5.74, 6) is -0.372. The van der Waals surface area contributed by atoms with E-state index in [1.165, 1.54) is 0 Å². The highest BCUT2D eigenvalue weighted by Crippen LogP contribution is 2.21. The largest absolute Gasteiger partial charge is 0.303 e. The van der Waals surface area contributed by atoms with Crippen molar-refractivity contribution < 1.29 is 8.78 Å². The van der Waals surface area contributed by atoms with Crippen molar-refractivity contribution in [2.45, 2.75) is 26.2 Å². The van der Waals surface area contributed by atoms with E-state index in [1.54, 1.807) is 0 Å². The van der Waals surface area contributed by atoms with Gasteiger partial charge in [-0.05, 0) is 25.9 Å². The maximum absolute atomic E-state index is 12.2. The Balaban J connectivity index is 2.33. The van der Waals surface area contributed by atoms with Crippen LogP contribution in [0, 0.1) is 5.92 Å². The second-order valence-electron chi connectivity index (χ2n) is 3.13. The minimum absolute atomic E-state index is 0.372. The van der Waals surface area contributed by atoms with Gasteiger partial charge >= 0.3 is 0 Å². The number of hydrogen-bond acceptors (Lipinski definition) is 1. The van der Waals surface area contributed by atoms with Gasteiger partial charge in [0.15, 0.2) is 0 Å². The van der Waals surface area contributed by atoms with E-state index in [-0.39, 0.29) is 5.92 Å². The Labute approximate surface area is 66.4 Å². The first-order valence-electron chi connectivity index (χ1n) is 4.24. The highest BCUT2D eigenvalue weighted by molar-refractivity contribution is 4.73. The average molecular weight is 163 g/mol. The molecule has 0 bridgehead atoms. The van der Waals surface area contributed by atoms with Crippen LogP contribution in [0.1, 0.15) is 19.8 Å². The van der Waals surface area contributed by atoms with Crippen LogP contribution in [-0.4, -0.2) is 31.0 Å². The Kier molecular flexibility index (Phi) is 3.24. The maximum atomic E-state index is 12.2. The van der Waals surface area contributed by atoms with Gasteiger partial charge in [0.25, 0.3) is 0 Å². The monoisotopic (exact) mass is 163 g/mol. The van der Waals surface area contributed by atoms with E-state index >= 15 is 0 Å². The van der Waals surface area contributed by atoms with E-state index in [9.17, 15) is 8.78 Å². The molecular formula is C8H15F2N. The van der Waals surface area contributed by atoms with Gasteiger partial charge in [-0.2, -0.15) is 0 Å². The number of hydrogen-bond donors (Lipinski definition) is 0. The number of nitrogens with zero attached hydrogens (tertiary/aromatic N) is 1. The van der Waals surface area contributed by atoms with E-state index in [1.807, 2.05) is 6.92 Å². The van der Waals surface area contributed by atoms with Crippen LogP contribution in [0.3, 0.4) is 0 Å². The standard InChI is InChI=1S/C8H15F2N/c1-2-11-5-3-4-7(6-11)8(9)10/h7-8H,2-6H2,1H3. The van der Waals surface area contributed by atoms with Gasteiger partial charge in [0.05, 0.1) is 0 Å². The summed E-state index contributed by atoms with van der Waals surface area (Å²) in [6, 6.07) is 0. The van der Waals surface area contributed by atoms with Gasteiger partial charge in [0.1, 0.15) is 0 Å². The van der Waals surface area contributed by atoms with Crippen molar-refractivity contribution in [2.75, 3.05) is 19.6 Å². The summed E-state index contributed by atoms with van der Waals surface area (Å²) >= 11 is 0. The molecule has 11 heavy (non-hydrogen) atoms. The second-order valence-corrected chi connectivity index (χ2v) is 3.13. The molecule has 66 valence electrons. The number of rotatable bonds is 2. The van der Waals surface area contributed by atoms with Crippen molar-refractivity contribution in [1.29, 1.82) is 0 Å². The lowest BCUT2D eigenvalue weighted by atomic mass is 9.99. The summed E-state index contributed by atoms with van der Waals surface area (Å²) < 4.78 is 24.4. The molecule has 0 spiro atoms. The van der Waals surface area contributed by atoms with Crippen LogP contribution in [0.25, 0.3) is 0 Å². The summed E-state index contributed by atoms with van der Waals surface area (Å²) in [5, 5.41) is 0. The molecule has 1 heterocycles. The zero-order chi connectivity index (χ0) is 8.27. The average Bonchev–Trinajstić information content (AvgIpc) is 2.05. The van der Waals surface area contributed by atoms with Gasteiger partial charge in [-0.15, -0.1) is 0 Å². The topological polar surface area (TPSA) is 3.24 Å². The molecule has 0 amide bonds. The van der Waals surface area contributed by atoms with E-state index in [0.29, 0.717) is 13.0 Å². The predicted octanol–water partition coefficient (Wildman–Crippen LogP) is 1.98. The molecule has 3 heteroatoms. The summed E-state index contributed by atoms with van der Waals surface area (Å²) in [6.45, 7) is 4.52. The normalized spacial score (nSPS) is 27.8. The number of halogens is 2. The fraction of sp³-hybridized carbons (Fsp3) is 1.00. The molecule has 0 aromatic carbocycles. The summed E-state index contributed by atoms with van der Waals surface area (Å²) in [6.07, 6.45) is -0.485. The SMILES string of the molecule is CCN1CCCC(C(F)F)C1. The van der Waals surface area contributed by atoms with Crippen LogP contribution in [0.15, 0.2) is 0 Å². The number of piperidine rings is 1. The van der Waals surface area contributed by atoms with E-state index < -0.39 is 6.43 Å². The Bertz CT molecular complexity index is 117. The van der Waals surface area contributed by atoms with Crippen LogP contribution in [0.5, 0.6) is 0 Å². The van der Waals surface area contributed by atoms with Gasteiger partial charge in [-0.1, -0.05) is 6.92 Å². The molecule has 1 rings (SSSR count). The van der Waals surface area contributed by atoms with Crippen LogP contribution < -0.4 is 0 Å². The van der Waals surface area contributed by atoms with E-state index in [0.717, 1.165) is 19.5 Å². The highest BCUT2D eigenvalue weighted by atomic mass is 19.3. The fourth-order valence-corrected chi connectivity index (χ4v) is 1.58. The van der Waals surface area contributed by atoms with Crippen LogP contribution in [0.2, 0.25) is 0 Å². The maximum Gasteiger partial charge on any atom is 0.242 e. The molecule has 0 aromatic heterocycles. The molecule has 1 saturated heterocycles. The molecule has 1 unspecified atom stereocenters. The lowest BCUT2D eigenvalue weighted by Crippen LogP contribution is -2.37. The second kappa shape index (κ2) is 4.00. The quantitative estimate of drug-likeness (QED) is 0.601. The highest BCUT2D eigenvalue weighted by Gasteiger charge is 2.25. The van der Waals surface area contributed by atoms with Gasteiger partial charge in [0.2, 0.25) is 6.43 Å². The molecule has 0 N–H and O–H groups in total. The summed E-state index contributed by atoms with van der Waals surface area (Å²) in [7, 11) is 0. The van der Waals surface area contributed by atoms with Gasteiger partial charge in [0, 0.05) is 12.5 Å². The lowest BCUT2D eigenvalue weighted by Gasteiger charge is -2.31. The lowest BCUT2D eigenvalue weighted by molar-refractivity contribution is 0.0292. The Hall–Kier alpha value is -0.180. The first kappa shape index (κ1) is 8.91. The Morgan fingerprint density at radius 2 is 2.27 bits per heavy atom. The van der Waals surface area contributed by atoms with Crippen LogP contribution in [0.4, 0.5) is 8.78 Å². The third-order valence-corrected chi connectivity index (χ3v) is 2.35. The molecule has 0 radical (unpaired) electrons. The zero-order valence-electron chi connectivity index (χ0n) is 6.89. The van der Waals surface area contributed by atoms with Crippen molar-refractivity contribution in [3.63, 3.8) is 0 Å². The van der Waals surface area contributed by atoms with E-state index in [2.05, 4.69) is 4.90 Å². The first-order valence-corrected chi connectivity index (χ1v) is 4.24. The van der Waals surface area contributed by atoms with Crippen molar-refractivity contribution in [3.05, 3.63) is 0 Å². The Morgan fingerprint density at radius 1 is 1.55 bits per heavy atom. The van der Waals surface area contributed by atoms with Crippen LogP contribution in [-0.2, 0) is 0 Å². The molecular weight excluding hydrogens is 148 g/mol. The van der Waals surface area contributed by atoms with Gasteiger partial charge in [-0.25, -0.2) is 8.78 Å². The third kappa shape index (κ3) is 2.40. The molecule has 1 fully saturated rings. The fourth-order valence-electron chi connectivity index (χ4n) is 1.58. The summed E-state index contributed by atoms with van der Waals surface area (Å²) in [5.41, 5.74) is 0. The number of likely N-dealkylation sites (tertiary alicyclic amines) is 1. The smallest absolute Gasteiger partial charge is 0.242 e. The molecule has 1 aliphatic heterocycles. The third-order valence-electron chi connectivity index (χ3n) is 2.35. The van der Waals surface area contributed by atoms with E-state index in [4.69, 9.17) is 0 Å². The molecule has 1 nitrogen and oxygen atoms in total. The molecule has 1 aliphatic rings. The minimum Gasteiger partial charge on any atom is -0.303 e. The van der Waals surface area contributed by atoms with Gasteiger partial charge < -0.3 is 4.90 Å². The molecule has 1 atom stereocenters. The summed E-state index contributed by atoms with van der Waals surface area (Å²) in [4.78, 5) is 2.10. The van der Waals surface area contributed by atoms with Crippen molar-refractivity contribution in [2.24, 2.45) is 5.92 Å². The first-order chi connectivity index (χ1) is 5.24. The molecule has 0 aliphatic carbocycles. The Morgan fingerprint density at radius 3 is 2.82 bits per heavy atom. The zero-order valence-corrected chi connectivity index (χ0v) is 6.89. The minimum atomic E-state index is -2.12. The molecule has 0 aromatic rings. The van der Waals surface area contributed by atoms with Crippen LogP contribution >= 0.6 is 0 Å². The molecule has 0 saturated carbocycles.